The third-order valence-electron chi connectivity index (χ3n) is 3.70. The first-order valence-corrected chi connectivity index (χ1v) is 5.77. The maximum atomic E-state index is 12.2. The molecular formula is C11H21ClN2O2. The van der Waals surface area contributed by atoms with Crippen LogP contribution in [0.15, 0.2) is 0 Å². The first-order valence-electron chi connectivity index (χ1n) is 5.77. The lowest BCUT2D eigenvalue weighted by Crippen LogP contribution is -2.55. The molecule has 2 aliphatic rings. The van der Waals surface area contributed by atoms with Crippen LogP contribution in [0.1, 0.15) is 32.1 Å². The smallest absolute Gasteiger partial charge is 0.242 e. The largest absolute Gasteiger partial charge is 0.379 e. The number of carbonyl (C=O) groups excluding carboxylic acids is 1. The Hall–Kier alpha value is -0.320. The Balaban J connectivity index is 0.00000128. The molecule has 0 spiro atoms. The third-order valence-corrected chi connectivity index (χ3v) is 3.70. The van der Waals surface area contributed by atoms with Crippen molar-refractivity contribution in [1.29, 1.82) is 0 Å². The van der Waals surface area contributed by atoms with E-state index < -0.39 is 5.54 Å². The molecule has 4 nitrogen and oxygen atoms in total. The predicted octanol–water partition coefficient (Wildman–Crippen LogP) is 0.927. The second kappa shape index (κ2) is 5.34. The number of halogens is 1. The first kappa shape index (κ1) is 13.7. The van der Waals surface area contributed by atoms with Gasteiger partial charge in [0.05, 0.1) is 18.2 Å². The molecule has 5 heteroatoms. The summed E-state index contributed by atoms with van der Waals surface area (Å²) in [5, 5.41) is 0. The van der Waals surface area contributed by atoms with Crippen LogP contribution in [0.3, 0.4) is 0 Å². The zero-order valence-electron chi connectivity index (χ0n) is 9.78. The summed E-state index contributed by atoms with van der Waals surface area (Å²) < 4.78 is 5.29. The number of rotatable bonds is 2. The number of hydrogen-bond donors (Lipinski definition) is 1. The van der Waals surface area contributed by atoms with Gasteiger partial charge in [0, 0.05) is 13.7 Å². The van der Waals surface area contributed by atoms with Crippen molar-refractivity contribution in [2.75, 3.05) is 20.3 Å². The number of hydrogen-bond acceptors (Lipinski definition) is 3. The van der Waals surface area contributed by atoms with E-state index in [-0.39, 0.29) is 24.4 Å². The lowest BCUT2D eigenvalue weighted by atomic mass is 9.96. The molecule has 1 aliphatic heterocycles. The van der Waals surface area contributed by atoms with E-state index in [0.29, 0.717) is 6.61 Å². The second-order valence-corrected chi connectivity index (χ2v) is 4.80. The quantitative estimate of drug-likeness (QED) is 0.791. The van der Waals surface area contributed by atoms with Gasteiger partial charge in [0.2, 0.25) is 5.91 Å². The molecule has 0 radical (unpaired) electrons. The number of nitrogens with zero attached hydrogens (tertiary/aromatic N) is 1. The van der Waals surface area contributed by atoms with Crippen molar-refractivity contribution in [3.8, 4) is 0 Å². The normalized spacial score (nSPS) is 27.5. The summed E-state index contributed by atoms with van der Waals surface area (Å²) >= 11 is 0. The molecule has 0 aromatic carbocycles. The van der Waals surface area contributed by atoms with Crippen LogP contribution in [0.25, 0.3) is 0 Å². The molecule has 1 saturated heterocycles. The Morgan fingerprint density at radius 2 is 2.06 bits per heavy atom. The summed E-state index contributed by atoms with van der Waals surface area (Å²) in [5.74, 6) is 0.107. The van der Waals surface area contributed by atoms with Crippen LogP contribution in [-0.4, -0.2) is 42.6 Å². The van der Waals surface area contributed by atoms with Gasteiger partial charge in [-0.15, -0.1) is 12.4 Å². The van der Waals surface area contributed by atoms with Crippen molar-refractivity contribution in [3.05, 3.63) is 0 Å². The van der Waals surface area contributed by atoms with Crippen molar-refractivity contribution < 1.29 is 9.53 Å². The van der Waals surface area contributed by atoms with Gasteiger partial charge in [-0.1, -0.05) is 12.8 Å². The number of likely N-dealkylation sites (N-methyl/N-ethyl adjacent to an activating group) is 1. The lowest BCUT2D eigenvalue weighted by molar-refractivity contribution is -0.137. The Kier molecular flexibility index (Phi) is 4.59. The summed E-state index contributed by atoms with van der Waals surface area (Å²) in [6.07, 6.45) is 4.78. The highest BCUT2D eigenvalue weighted by molar-refractivity contribution is 5.86. The molecule has 1 saturated carbocycles. The molecule has 94 valence electrons. The van der Waals surface area contributed by atoms with Crippen molar-refractivity contribution in [2.45, 2.75) is 43.7 Å². The van der Waals surface area contributed by atoms with Crippen molar-refractivity contribution in [3.63, 3.8) is 0 Å². The van der Waals surface area contributed by atoms with Gasteiger partial charge in [-0.25, -0.2) is 0 Å². The summed E-state index contributed by atoms with van der Waals surface area (Å²) in [7, 11) is 1.86. The molecular weight excluding hydrogens is 228 g/mol. The fourth-order valence-electron chi connectivity index (χ4n) is 2.56. The van der Waals surface area contributed by atoms with Crippen LogP contribution in [0.2, 0.25) is 0 Å². The van der Waals surface area contributed by atoms with E-state index in [1.54, 1.807) is 4.90 Å². The van der Waals surface area contributed by atoms with E-state index in [2.05, 4.69) is 0 Å². The van der Waals surface area contributed by atoms with E-state index in [1.807, 2.05) is 7.05 Å². The Morgan fingerprint density at radius 1 is 1.44 bits per heavy atom. The number of amides is 1. The predicted molar refractivity (Wildman–Crippen MR) is 64.6 cm³/mol. The monoisotopic (exact) mass is 248 g/mol. The van der Waals surface area contributed by atoms with Crippen LogP contribution in [-0.2, 0) is 9.53 Å². The van der Waals surface area contributed by atoms with Crippen molar-refractivity contribution >= 4 is 18.3 Å². The Morgan fingerprint density at radius 3 is 2.56 bits per heavy atom. The molecule has 1 aliphatic carbocycles. The fraction of sp³-hybridized carbons (Fsp3) is 0.909. The Bertz CT molecular complexity index is 248. The molecule has 0 aromatic rings. The van der Waals surface area contributed by atoms with Gasteiger partial charge >= 0.3 is 0 Å². The molecule has 1 amide bonds. The summed E-state index contributed by atoms with van der Waals surface area (Å²) in [5.41, 5.74) is 5.55. The SMILES string of the molecule is CN(C(=O)C1(N)CCCC1)C1CCOC1.Cl. The van der Waals surface area contributed by atoms with Crippen molar-refractivity contribution in [1.82, 2.24) is 4.90 Å². The molecule has 2 fully saturated rings. The van der Waals surface area contributed by atoms with Crippen LogP contribution >= 0.6 is 12.4 Å². The van der Waals surface area contributed by atoms with Gasteiger partial charge in [0.15, 0.2) is 0 Å². The van der Waals surface area contributed by atoms with Gasteiger partial charge in [-0.05, 0) is 19.3 Å². The molecule has 16 heavy (non-hydrogen) atoms. The van der Waals surface area contributed by atoms with E-state index in [0.717, 1.165) is 38.7 Å². The Labute approximate surface area is 103 Å². The van der Waals surface area contributed by atoms with Gasteiger partial charge in [0.1, 0.15) is 0 Å². The van der Waals surface area contributed by atoms with Gasteiger partial charge in [-0.3, -0.25) is 4.79 Å². The van der Waals surface area contributed by atoms with Crippen molar-refractivity contribution in [2.24, 2.45) is 5.73 Å². The molecule has 0 aromatic heterocycles. The average Bonchev–Trinajstić information content (AvgIpc) is 2.86. The van der Waals surface area contributed by atoms with Gasteiger partial charge in [0.25, 0.3) is 0 Å². The van der Waals surface area contributed by atoms with E-state index in [1.165, 1.54) is 0 Å². The fourth-order valence-corrected chi connectivity index (χ4v) is 2.56. The van der Waals surface area contributed by atoms with E-state index >= 15 is 0 Å². The standard InChI is InChI=1S/C11H20N2O2.ClH/c1-13(9-4-7-15-8-9)10(14)11(12)5-2-3-6-11;/h9H,2-8,12H2,1H3;1H. The molecule has 2 rings (SSSR count). The van der Waals surface area contributed by atoms with Crippen LogP contribution in [0.4, 0.5) is 0 Å². The minimum absolute atomic E-state index is 0. The topological polar surface area (TPSA) is 55.6 Å². The van der Waals surface area contributed by atoms with Crippen LogP contribution in [0, 0.1) is 0 Å². The molecule has 2 N–H and O–H groups in total. The van der Waals surface area contributed by atoms with Crippen LogP contribution < -0.4 is 5.73 Å². The third kappa shape index (κ3) is 2.50. The maximum absolute atomic E-state index is 12.2. The zero-order chi connectivity index (χ0) is 10.9. The molecule has 0 bridgehead atoms. The highest BCUT2D eigenvalue weighted by Crippen LogP contribution is 2.29. The first-order chi connectivity index (χ1) is 7.13. The molecule has 1 atom stereocenters. The number of nitrogens with two attached hydrogens (primary N) is 1. The summed E-state index contributed by atoms with van der Waals surface area (Å²) in [6.45, 7) is 1.43. The zero-order valence-corrected chi connectivity index (χ0v) is 10.6. The van der Waals surface area contributed by atoms with E-state index in [4.69, 9.17) is 10.5 Å². The number of ether oxygens (including phenoxy) is 1. The minimum Gasteiger partial charge on any atom is -0.379 e. The van der Waals surface area contributed by atoms with Gasteiger partial charge in [-0.2, -0.15) is 0 Å². The summed E-state index contributed by atoms with van der Waals surface area (Å²) in [6, 6.07) is 0.235. The van der Waals surface area contributed by atoms with E-state index in [9.17, 15) is 4.79 Å². The summed E-state index contributed by atoms with van der Waals surface area (Å²) in [4.78, 5) is 14.0. The second-order valence-electron chi connectivity index (χ2n) is 4.80. The average molecular weight is 249 g/mol. The minimum atomic E-state index is -0.586. The van der Waals surface area contributed by atoms with Crippen LogP contribution in [0.5, 0.6) is 0 Å². The maximum Gasteiger partial charge on any atom is 0.242 e. The lowest BCUT2D eigenvalue weighted by Gasteiger charge is -2.32. The molecule has 1 heterocycles. The highest BCUT2D eigenvalue weighted by atomic mass is 35.5. The molecule has 1 unspecified atom stereocenters. The highest BCUT2D eigenvalue weighted by Gasteiger charge is 2.40. The number of carbonyl (C=O) groups is 1. The van der Waals surface area contributed by atoms with Gasteiger partial charge < -0.3 is 15.4 Å².